The van der Waals surface area contributed by atoms with Gasteiger partial charge in [-0.25, -0.2) is 4.98 Å². The Morgan fingerprint density at radius 1 is 1.00 bits per heavy atom. The number of aryl methyl sites for hydroxylation is 1. The monoisotopic (exact) mass is 470 g/mol. The van der Waals surface area contributed by atoms with Gasteiger partial charge in [0.1, 0.15) is 23.8 Å². The molecule has 0 aliphatic carbocycles. The number of nitrogens with zero attached hydrogens (tertiary/aromatic N) is 1. The first-order valence-corrected chi connectivity index (χ1v) is 11.2. The average molecular weight is 471 g/mol. The van der Waals surface area contributed by atoms with Crippen LogP contribution in [0, 0.1) is 6.92 Å². The fourth-order valence-corrected chi connectivity index (χ4v) is 3.37. The highest BCUT2D eigenvalue weighted by Crippen LogP contribution is 2.23. The molecule has 0 saturated heterocycles. The highest BCUT2D eigenvalue weighted by atomic mass is 16.6. The summed E-state index contributed by atoms with van der Waals surface area (Å²) in [6.07, 6.45) is 1.47. The summed E-state index contributed by atoms with van der Waals surface area (Å²) in [5.74, 6) is 1.05. The number of hydroxylamine groups is 1. The molecule has 0 radical (unpaired) electrons. The van der Waals surface area contributed by atoms with E-state index in [0.717, 1.165) is 22.4 Å². The fraction of sp³-hybridized carbons (Fsp3) is 0.143. The van der Waals surface area contributed by atoms with Gasteiger partial charge >= 0.3 is 5.97 Å². The third-order valence-corrected chi connectivity index (χ3v) is 5.17. The molecule has 0 bridgehead atoms. The van der Waals surface area contributed by atoms with E-state index < -0.39 is 5.97 Å². The lowest BCUT2D eigenvalue weighted by atomic mass is 10.1. The van der Waals surface area contributed by atoms with Gasteiger partial charge in [0, 0.05) is 5.56 Å². The van der Waals surface area contributed by atoms with Crippen molar-refractivity contribution in [2.24, 2.45) is 0 Å². The number of ether oxygens (including phenoxy) is 1. The van der Waals surface area contributed by atoms with E-state index in [-0.39, 0.29) is 19.6 Å². The number of benzene rings is 3. The van der Waals surface area contributed by atoms with Crippen LogP contribution in [0.15, 0.2) is 95.4 Å². The zero-order valence-corrected chi connectivity index (χ0v) is 19.3. The van der Waals surface area contributed by atoms with Gasteiger partial charge in [0.05, 0.1) is 18.7 Å². The van der Waals surface area contributed by atoms with Crippen molar-refractivity contribution in [3.8, 4) is 17.2 Å². The van der Waals surface area contributed by atoms with Gasteiger partial charge in [-0.1, -0.05) is 60.7 Å². The molecule has 0 saturated carbocycles. The molecule has 35 heavy (non-hydrogen) atoms. The smallest absolute Gasteiger partial charge is 0.307 e. The molecule has 2 N–H and O–H groups in total. The summed E-state index contributed by atoms with van der Waals surface area (Å²) in [4.78, 5) is 21.2. The second-order valence-electron chi connectivity index (χ2n) is 7.80. The van der Waals surface area contributed by atoms with Gasteiger partial charge < -0.3 is 14.3 Å². The number of carboxylic acids is 1. The number of hydrogen-bond acceptors (Lipinski definition) is 6. The van der Waals surface area contributed by atoms with Crippen LogP contribution in [-0.4, -0.2) is 16.1 Å². The molecular weight excluding hydrogens is 444 g/mol. The molecule has 4 rings (SSSR count). The third-order valence-electron chi connectivity index (χ3n) is 5.17. The molecule has 0 aliphatic rings. The normalized spacial score (nSPS) is 11.3. The van der Waals surface area contributed by atoms with Gasteiger partial charge in [0.15, 0.2) is 0 Å². The van der Waals surface area contributed by atoms with E-state index in [1.165, 1.54) is 0 Å². The number of rotatable bonds is 11. The Hall–Kier alpha value is -4.36. The van der Waals surface area contributed by atoms with Gasteiger partial charge in [0.25, 0.3) is 0 Å². The molecule has 4 aromatic rings. The molecule has 1 heterocycles. The third kappa shape index (κ3) is 6.82. The van der Waals surface area contributed by atoms with Gasteiger partial charge in [-0.2, -0.15) is 0 Å². The van der Waals surface area contributed by atoms with Crippen LogP contribution in [0.4, 0.5) is 0 Å². The van der Waals surface area contributed by atoms with Crippen molar-refractivity contribution in [3.05, 3.63) is 114 Å². The molecule has 0 unspecified atom stereocenters. The number of aromatic nitrogens is 1. The molecule has 3 aromatic carbocycles. The number of nitrogens with one attached hydrogen (secondary N) is 1. The van der Waals surface area contributed by atoms with E-state index >= 15 is 0 Å². The van der Waals surface area contributed by atoms with Crippen LogP contribution in [0.3, 0.4) is 0 Å². The van der Waals surface area contributed by atoms with Gasteiger partial charge in [0.2, 0.25) is 5.89 Å². The quantitative estimate of drug-likeness (QED) is 0.269. The number of carboxylic acid groups (broad SMARTS) is 1. The summed E-state index contributed by atoms with van der Waals surface area (Å²) in [6.45, 7) is 2.41. The van der Waals surface area contributed by atoms with Crippen molar-refractivity contribution in [2.45, 2.75) is 26.6 Å². The van der Waals surface area contributed by atoms with Crippen LogP contribution in [-0.2, 0) is 22.8 Å². The second-order valence-corrected chi connectivity index (χ2v) is 7.80. The van der Waals surface area contributed by atoms with Crippen molar-refractivity contribution in [1.82, 2.24) is 10.5 Å². The maximum absolute atomic E-state index is 11.0. The van der Waals surface area contributed by atoms with Gasteiger partial charge in [-0.3, -0.25) is 15.1 Å². The summed E-state index contributed by atoms with van der Waals surface area (Å²) in [6, 6.07) is 26.7. The first-order valence-electron chi connectivity index (χ1n) is 11.2. The minimum Gasteiger partial charge on any atom is -0.487 e. The average Bonchev–Trinajstić information content (AvgIpc) is 3.26. The van der Waals surface area contributed by atoms with E-state index in [0.29, 0.717) is 23.1 Å². The zero-order chi connectivity index (χ0) is 24.5. The molecule has 0 amide bonds. The van der Waals surface area contributed by atoms with Crippen LogP contribution in [0.2, 0.25) is 0 Å². The van der Waals surface area contributed by atoms with Crippen LogP contribution in [0.5, 0.6) is 5.75 Å². The van der Waals surface area contributed by atoms with Crippen molar-refractivity contribution in [3.63, 3.8) is 0 Å². The first-order chi connectivity index (χ1) is 17.1. The molecule has 1 aromatic heterocycles. The Morgan fingerprint density at radius 2 is 1.74 bits per heavy atom. The Labute approximate surface area is 203 Å². The van der Waals surface area contributed by atoms with Crippen molar-refractivity contribution < 1.29 is 23.9 Å². The summed E-state index contributed by atoms with van der Waals surface area (Å²) < 4.78 is 11.7. The number of oxazole rings is 1. The lowest BCUT2D eigenvalue weighted by Crippen LogP contribution is -2.13. The number of hydrogen-bond donors (Lipinski definition) is 2. The largest absolute Gasteiger partial charge is 0.487 e. The Morgan fingerprint density at radius 3 is 2.49 bits per heavy atom. The SMILES string of the molecule is Cc1oc(-c2ccccc2)nc1COc1cccc(CONC(=CCC(=O)O)c2ccccc2)c1. The van der Waals surface area contributed by atoms with E-state index in [2.05, 4.69) is 10.5 Å². The highest BCUT2D eigenvalue weighted by Gasteiger charge is 2.12. The summed E-state index contributed by atoms with van der Waals surface area (Å²) in [5.41, 5.74) is 6.86. The van der Waals surface area contributed by atoms with E-state index in [4.69, 9.17) is 19.1 Å². The molecule has 0 atom stereocenters. The maximum Gasteiger partial charge on any atom is 0.307 e. The molecule has 0 aliphatic heterocycles. The summed E-state index contributed by atoms with van der Waals surface area (Å²) >= 11 is 0. The van der Waals surface area contributed by atoms with Crippen LogP contribution in [0.25, 0.3) is 17.2 Å². The second kappa shape index (κ2) is 11.7. The molecule has 178 valence electrons. The molecular formula is C28H26N2O5. The topological polar surface area (TPSA) is 93.8 Å². The Balaban J connectivity index is 1.35. The highest BCUT2D eigenvalue weighted by molar-refractivity contribution is 5.73. The number of aliphatic carboxylic acids is 1. The van der Waals surface area contributed by atoms with Gasteiger partial charge in [-0.15, -0.1) is 0 Å². The van der Waals surface area contributed by atoms with Crippen molar-refractivity contribution >= 4 is 11.7 Å². The van der Waals surface area contributed by atoms with Crippen LogP contribution < -0.4 is 10.2 Å². The standard InChI is InChI=1S/C28H26N2O5/c1-20-26(29-28(35-20)23-12-6-3-7-13-23)19-33-24-14-8-9-21(17-24)18-34-30-25(15-16-27(31)32)22-10-4-2-5-11-22/h2-15,17,30H,16,18-19H2,1H3,(H,31,32). The fourth-order valence-electron chi connectivity index (χ4n) is 3.37. The predicted molar refractivity (Wildman–Crippen MR) is 132 cm³/mol. The molecule has 7 heteroatoms. The lowest BCUT2D eigenvalue weighted by molar-refractivity contribution is -0.136. The van der Waals surface area contributed by atoms with Crippen LogP contribution in [0.1, 0.15) is 29.0 Å². The van der Waals surface area contributed by atoms with Crippen molar-refractivity contribution in [2.75, 3.05) is 0 Å². The van der Waals surface area contributed by atoms with E-state index in [9.17, 15) is 4.79 Å². The molecule has 7 nitrogen and oxygen atoms in total. The predicted octanol–water partition coefficient (Wildman–Crippen LogP) is 5.77. The molecule has 0 spiro atoms. The van der Waals surface area contributed by atoms with E-state index in [1.54, 1.807) is 6.08 Å². The van der Waals surface area contributed by atoms with Gasteiger partial charge in [-0.05, 0) is 48.4 Å². The first kappa shape index (κ1) is 23.8. The zero-order valence-electron chi connectivity index (χ0n) is 19.3. The summed E-state index contributed by atoms with van der Waals surface area (Å²) in [7, 11) is 0. The molecule has 0 fully saturated rings. The minimum atomic E-state index is -0.914. The lowest BCUT2D eigenvalue weighted by Gasteiger charge is -2.12. The van der Waals surface area contributed by atoms with Crippen molar-refractivity contribution in [1.29, 1.82) is 0 Å². The summed E-state index contributed by atoms with van der Waals surface area (Å²) in [5, 5.41) is 9.02. The Kier molecular flexibility index (Phi) is 7.93. The maximum atomic E-state index is 11.0. The number of carbonyl (C=O) groups is 1. The van der Waals surface area contributed by atoms with Crippen LogP contribution >= 0.6 is 0 Å². The van der Waals surface area contributed by atoms with E-state index in [1.807, 2.05) is 91.9 Å². The Bertz CT molecular complexity index is 1280. The minimum absolute atomic E-state index is 0.114.